The summed E-state index contributed by atoms with van der Waals surface area (Å²) in [5, 5.41) is 3.26. The van der Waals surface area contributed by atoms with E-state index in [2.05, 4.69) is 5.32 Å². The summed E-state index contributed by atoms with van der Waals surface area (Å²) >= 11 is 0. The minimum absolute atomic E-state index is 0.171. The van der Waals surface area contributed by atoms with Gasteiger partial charge in [0.25, 0.3) is 5.91 Å². The Kier molecular flexibility index (Phi) is 4.64. The lowest BCUT2D eigenvalue weighted by Gasteiger charge is -2.28. The largest absolute Gasteiger partial charge is 0.378 e. The molecule has 2 heterocycles. The van der Waals surface area contributed by atoms with Crippen molar-refractivity contribution < 1.29 is 9.18 Å². The van der Waals surface area contributed by atoms with Crippen molar-refractivity contribution in [2.75, 3.05) is 18.0 Å². The van der Waals surface area contributed by atoms with Crippen LogP contribution in [0, 0.1) is 5.82 Å². The predicted molar refractivity (Wildman–Crippen MR) is 116 cm³/mol. The molecule has 0 aromatic heterocycles. The van der Waals surface area contributed by atoms with Crippen molar-refractivity contribution in [3.63, 3.8) is 0 Å². The fourth-order valence-electron chi connectivity index (χ4n) is 4.16. The molecule has 0 bridgehead atoms. The third-order valence-electron chi connectivity index (χ3n) is 5.45. The van der Waals surface area contributed by atoms with Gasteiger partial charge in [-0.15, -0.1) is 0 Å². The van der Waals surface area contributed by atoms with Crippen LogP contribution < -0.4 is 10.2 Å². The number of amides is 1. The normalized spacial score (nSPS) is 18.6. The maximum Gasteiger partial charge on any atom is 0.275 e. The number of hydrogen-bond acceptors (Lipinski definition) is 3. The van der Waals surface area contributed by atoms with Gasteiger partial charge >= 0.3 is 0 Å². The highest BCUT2D eigenvalue weighted by Crippen LogP contribution is 2.43. The lowest BCUT2D eigenvalue weighted by molar-refractivity contribution is -0.115. The molecule has 1 N–H and O–H groups in total. The van der Waals surface area contributed by atoms with Crippen LogP contribution in [0.15, 0.2) is 101 Å². The number of carbonyl (C=O) groups excluding carboxylic acids is 1. The summed E-state index contributed by atoms with van der Waals surface area (Å²) in [6, 6.07) is 25.2. The molecule has 2 aliphatic heterocycles. The molecular formula is C25H20FN3O. The van der Waals surface area contributed by atoms with Gasteiger partial charge in [-0.1, -0.05) is 66.7 Å². The van der Waals surface area contributed by atoms with Gasteiger partial charge in [0.2, 0.25) is 0 Å². The summed E-state index contributed by atoms with van der Waals surface area (Å²) in [7, 11) is 0. The molecule has 0 spiro atoms. The van der Waals surface area contributed by atoms with E-state index in [1.165, 1.54) is 6.07 Å². The monoisotopic (exact) mass is 397 g/mol. The minimum Gasteiger partial charge on any atom is -0.378 e. The highest BCUT2D eigenvalue weighted by molar-refractivity contribution is 6.23. The Morgan fingerprint density at radius 2 is 1.57 bits per heavy atom. The van der Waals surface area contributed by atoms with Crippen molar-refractivity contribution >= 4 is 17.3 Å². The molecule has 0 saturated heterocycles. The van der Waals surface area contributed by atoms with Crippen LogP contribution in [0.1, 0.15) is 17.2 Å². The topological polar surface area (TPSA) is 44.7 Å². The molecule has 3 aromatic rings. The summed E-state index contributed by atoms with van der Waals surface area (Å²) < 4.78 is 15.0. The van der Waals surface area contributed by atoms with Gasteiger partial charge in [-0.2, -0.15) is 0 Å². The first kappa shape index (κ1) is 18.3. The average Bonchev–Trinajstić information content (AvgIpc) is 2.93. The molecule has 1 unspecified atom stereocenters. The average molecular weight is 397 g/mol. The number of anilines is 1. The Morgan fingerprint density at radius 1 is 0.900 bits per heavy atom. The third kappa shape index (κ3) is 2.99. The van der Waals surface area contributed by atoms with Crippen molar-refractivity contribution in [1.29, 1.82) is 0 Å². The third-order valence-corrected chi connectivity index (χ3v) is 5.45. The number of carbonyl (C=O) groups is 1. The van der Waals surface area contributed by atoms with Crippen LogP contribution in [0.2, 0.25) is 0 Å². The standard InChI is InChI=1S/C25H20FN3O/c26-20-14-8-7-13-19(20)24-21-22(17-9-3-1-4-10-17)27-15-16-28-23(21)25(30)29(24)18-11-5-2-6-12-18/h1-14,24,28H,15-16H2. The summed E-state index contributed by atoms with van der Waals surface area (Å²) in [6.45, 7) is 1.09. The van der Waals surface area contributed by atoms with Crippen LogP contribution >= 0.6 is 0 Å². The Labute approximate surface area is 174 Å². The van der Waals surface area contributed by atoms with E-state index in [-0.39, 0.29) is 11.7 Å². The molecule has 3 aromatic carbocycles. The maximum absolute atomic E-state index is 15.0. The molecule has 0 saturated carbocycles. The second-order valence-electron chi connectivity index (χ2n) is 7.25. The fraction of sp³-hybridized carbons (Fsp3) is 0.120. The number of benzene rings is 3. The molecule has 5 rings (SSSR count). The lowest BCUT2D eigenvalue weighted by atomic mass is 9.91. The van der Waals surface area contributed by atoms with E-state index in [0.717, 1.165) is 22.5 Å². The van der Waals surface area contributed by atoms with Gasteiger partial charge < -0.3 is 5.32 Å². The van der Waals surface area contributed by atoms with E-state index in [4.69, 9.17) is 4.99 Å². The van der Waals surface area contributed by atoms with Crippen molar-refractivity contribution in [1.82, 2.24) is 5.32 Å². The van der Waals surface area contributed by atoms with E-state index >= 15 is 4.39 Å². The van der Waals surface area contributed by atoms with Crippen LogP contribution in [0.25, 0.3) is 0 Å². The van der Waals surface area contributed by atoms with Gasteiger partial charge in [0.15, 0.2) is 0 Å². The SMILES string of the molecule is O=C1C2=C(C(c3ccccc3)=NCCN2)C(c2ccccc2F)N1c1ccccc1. The maximum atomic E-state index is 15.0. The Morgan fingerprint density at radius 3 is 2.30 bits per heavy atom. The number of aliphatic imine (C=N–C) groups is 1. The Bertz CT molecular complexity index is 1160. The van der Waals surface area contributed by atoms with Crippen LogP contribution in [-0.4, -0.2) is 24.7 Å². The first-order valence-corrected chi connectivity index (χ1v) is 9.97. The van der Waals surface area contributed by atoms with Gasteiger partial charge in [0.05, 0.1) is 18.3 Å². The first-order chi connectivity index (χ1) is 14.8. The van der Waals surface area contributed by atoms with Gasteiger partial charge in [0, 0.05) is 28.9 Å². The number of para-hydroxylation sites is 1. The molecule has 2 aliphatic rings. The van der Waals surface area contributed by atoms with Crippen molar-refractivity contribution in [2.45, 2.75) is 6.04 Å². The number of hydrogen-bond donors (Lipinski definition) is 1. The first-order valence-electron chi connectivity index (χ1n) is 9.97. The quantitative estimate of drug-likeness (QED) is 0.718. The molecule has 1 amide bonds. The molecular weight excluding hydrogens is 377 g/mol. The molecule has 30 heavy (non-hydrogen) atoms. The lowest BCUT2D eigenvalue weighted by Crippen LogP contribution is -2.34. The molecule has 5 heteroatoms. The fourth-order valence-corrected chi connectivity index (χ4v) is 4.16. The van der Waals surface area contributed by atoms with E-state index in [1.807, 2.05) is 60.7 Å². The predicted octanol–water partition coefficient (Wildman–Crippen LogP) is 4.26. The van der Waals surface area contributed by atoms with Crippen molar-refractivity contribution in [3.8, 4) is 0 Å². The molecule has 0 aliphatic carbocycles. The zero-order valence-corrected chi connectivity index (χ0v) is 16.3. The van der Waals surface area contributed by atoms with Gasteiger partial charge in [-0.25, -0.2) is 4.39 Å². The van der Waals surface area contributed by atoms with Gasteiger partial charge in [0.1, 0.15) is 11.5 Å². The second kappa shape index (κ2) is 7.59. The van der Waals surface area contributed by atoms with Gasteiger partial charge in [-0.05, 0) is 18.2 Å². The molecule has 1 atom stereocenters. The van der Waals surface area contributed by atoms with Crippen LogP contribution in [-0.2, 0) is 4.79 Å². The van der Waals surface area contributed by atoms with Gasteiger partial charge in [-0.3, -0.25) is 14.7 Å². The second-order valence-corrected chi connectivity index (χ2v) is 7.25. The minimum atomic E-state index is -0.611. The highest BCUT2D eigenvalue weighted by Gasteiger charge is 2.44. The van der Waals surface area contributed by atoms with Crippen LogP contribution in [0.3, 0.4) is 0 Å². The molecule has 0 fully saturated rings. The van der Waals surface area contributed by atoms with E-state index in [9.17, 15) is 4.79 Å². The number of nitrogens with one attached hydrogen (secondary N) is 1. The smallest absolute Gasteiger partial charge is 0.275 e. The zero-order valence-electron chi connectivity index (χ0n) is 16.3. The van der Waals surface area contributed by atoms with E-state index in [0.29, 0.717) is 24.4 Å². The van der Waals surface area contributed by atoms with Crippen LogP contribution in [0.4, 0.5) is 10.1 Å². The number of halogens is 1. The summed E-state index contributed by atoms with van der Waals surface area (Å²) in [4.78, 5) is 20.1. The Hall–Kier alpha value is -3.73. The highest BCUT2D eigenvalue weighted by atomic mass is 19.1. The summed E-state index contributed by atoms with van der Waals surface area (Å²) in [5.74, 6) is -0.517. The molecule has 148 valence electrons. The van der Waals surface area contributed by atoms with E-state index < -0.39 is 6.04 Å². The van der Waals surface area contributed by atoms with Crippen LogP contribution in [0.5, 0.6) is 0 Å². The zero-order chi connectivity index (χ0) is 20.5. The van der Waals surface area contributed by atoms with Crippen molar-refractivity contribution in [3.05, 3.63) is 113 Å². The number of nitrogens with zero attached hydrogens (tertiary/aromatic N) is 2. The number of rotatable bonds is 3. The van der Waals surface area contributed by atoms with Crippen molar-refractivity contribution in [2.24, 2.45) is 4.99 Å². The Balaban J connectivity index is 1.76. The van der Waals surface area contributed by atoms with E-state index in [1.54, 1.807) is 23.1 Å². The summed E-state index contributed by atoms with van der Waals surface area (Å²) in [5.41, 5.74) is 4.03. The molecule has 0 radical (unpaired) electrons. The summed E-state index contributed by atoms with van der Waals surface area (Å²) in [6.07, 6.45) is 0. The molecule has 4 nitrogen and oxygen atoms in total.